The van der Waals surface area contributed by atoms with Gasteiger partial charge in [0.25, 0.3) is 5.91 Å². The molecule has 0 saturated carbocycles. The lowest BCUT2D eigenvalue weighted by Crippen LogP contribution is -2.41. The first-order valence-electron chi connectivity index (χ1n) is 8.70. The molecule has 0 unspecified atom stereocenters. The normalized spacial score (nSPS) is 20.6. The van der Waals surface area contributed by atoms with Crippen molar-refractivity contribution in [1.29, 1.82) is 0 Å². The smallest absolute Gasteiger partial charge is 0.252 e. The molecule has 1 aromatic rings. The lowest BCUT2D eigenvalue weighted by molar-refractivity contribution is -0.120. The monoisotopic (exact) mass is 330 g/mol. The quantitative estimate of drug-likeness (QED) is 0.863. The molecule has 3 N–H and O–H groups in total. The highest BCUT2D eigenvalue weighted by atomic mass is 16.1. The molecule has 3 heterocycles. The number of pyridine rings is 1. The van der Waals surface area contributed by atoms with Crippen LogP contribution >= 0.6 is 0 Å². The molecule has 0 atom stereocenters. The van der Waals surface area contributed by atoms with Crippen molar-refractivity contribution in [2.75, 3.05) is 24.5 Å². The molecule has 0 bridgehead atoms. The van der Waals surface area contributed by atoms with Gasteiger partial charge in [-0.1, -0.05) is 0 Å². The lowest BCUT2D eigenvalue weighted by Gasteiger charge is -2.42. The fourth-order valence-corrected chi connectivity index (χ4v) is 3.87. The molecular weight excluding hydrogens is 304 g/mol. The molecule has 2 fully saturated rings. The molecule has 2 saturated heterocycles. The van der Waals surface area contributed by atoms with Gasteiger partial charge in [-0.15, -0.1) is 0 Å². The average molecular weight is 330 g/mol. The molecule has 6 heteroatoms. The molecule has 2 amide bonds. The first kappa shape index (κ1) is 16.7. The van der Waals surface area contributed by atoms with Crippen molar-refractivity contribution in [3.8, 4) is 0 Å². The molecular formula is C18H26N4O2. The number of hydrogen-bond acceptors (Lipinski definition) is 4. The first-order valence-corrected chi connectivity index (χ1v) is 8.70. The van der Waals surface area contributed by atoms with Crippen LogP contribution in [0.1, 0.15) is 53.7 Å². The van der Waals surface area contributed by atoms with Gasteiger partial charge in [0, 0.05) is 31.7 Å². The second kappa shape index (κ2) is 6.42. The van der Waals surface area contributed by atoms with Crippen LogP contribution in [0.5, 0.6) is 0 Å². The van der Waals surface area contributed by atoms with Crippen molar-refractivity contribution in [3.63, 3.8) is 0 Å². The van der Waals surface area contributed by atoms with Gasteiger partial charge in [-0.05, 0) is 56.6 Å². The Hall–Kier alpha value is -2.11. The van der Waals surface area contributed by atoms with E-state index in [9.17, 15) is 9.59 Å². The molecule has 2 aliphatic heterocycles. The molecule has 0 aliphatic carbocycles. The summed E-state index contributed by atoms with van der Waals surface area (Å²) in [6, 6.07) is 1.85. The van der Waals surface area contributed by atoms with E-state index >= 15 is 0 Å². The van der Waals surface area contributed by atoms with Gasteiger partial charge >= 0.3 is 0 Å². The van der Waals surface area contributed by atoms with Crippen LogP contribution in [-0.4, -0.2) is 36.4 Å². The average Bonchev–Trinajstić information content (AvgIpc) is 2.73. The Labute approximate surface area is 142 Å². The summed E-state index contributed by atoms with van der Waals surface area (Å²) in [6.45, 7) is 6.37. The molecule has 1 aromatic heterocycles. The highest BCUT2D eigenvalue weighted by Crippen LogP contribution is 2.41. The van der Waals surface area contributed by atoms with Crippen molar-refractivity contribution in [1.82, 2.24) is 10.3 Å². The maximum atomic E-state index is 11.8. The van der Waals surface area contributed by atoms with Crippen molar-refractivity contribution < 1.29 is 9.59 Å². The predicted octanol–water partition coefficient (Wildman–Crippen LogP) is 1.68. The number of aromatic nitrogens is 1. The van der Waals surface area contributed by atoms with Crippen molar-refractivity contribution in [2.24, 2.45) is 11.1 Å². The number of hydrogen-bond donors (Lipinski definition) is 2. The van der Waals surface area contributed by atoms with Crippen LogP contribution in [0.4, 0.5) is 5.82 Å². The van der Waals surface area contributed by atoms with E-state index in [-0.39, 0.29) is 11.3 Å². The number of piperidine rings is 1. The minimum Gasteiger partial charge on any atom is -0.365 e. The zero-order valence-corrected chi connectivity index (χ0v) is 14.5. The molecule has 0 radical (unpaired) electrons. The number of rotatable bonds is 2. The van der Waals surface area contributed by atoms with E-state index in [4.69, 9.17) is 5.73 Å². The van der Waals surface area contributed by atoms with Crippen LogP contribution in [0.2, 0.25) is 0 Å². The van der Waals surface area contributed by atoms with Crippen LogP contribution in [0.25, 0.3) is 0 Å². The van der Waals surface area contributed by atoms with Gasteiger partial charge in [0.15, 0.2) is 0 Å². The maximum Gasteiger partial charge on any atom is 0.252 e. The number of nitrogens with two attached hydrogens (primary N) is 1. The first-order chi connectivity index (χ1) is 11.4. The molecule has 24 heavy (non-hydrogen) atoms. The predicted molar refractivity (Wildman–Crippen MR) is 93.0 cm³/mol. The van der Waals surface area contributed by atoms with E-state index in [1.54, 1.807) is 0 Å². The molecule has 3 rings (SSSR count). The number of anilines is 1. The summed E-state index contributed by atoms with van der Waals surface area (Å²) < 4.78 is 0. The number of primary amides is 1. The van der Waals surface area contributed by atoms with E-state index in [0.717, 1.165) is 56.6 Å². The fourth-order valence-electron chi connectivity index (χ4n) is 3.87. The van der Waals surface area contributed by atoms with Crippen molar-refractivity contribution >= 4 is 17.6 Å². The van der Waals surface area contributed by atoms with Crippen LogP contribution in [0.3, 0.4) is 0 Å². The lowest BCUT2D eigenvalue weighted by atomic mass is 9.73. The molecule has 6 nitrogen and oxygen atoms in total. The van der Waals surface area contributed by atoms with Crippen molar-refractivity contribution in [3.05, 3.63) is 22.9 Å². The molecule has 1 spiro atoms. The Morgan fingerprint density at radius 1 is 1.25 bits per heavy atom. The minimum atomic E-state index is -0.426. The Bertz CT molecular complexity index is 663. The van der Waals surface area contributed by atoms with Gasteiger partial charge < -0.3 is 16.0 Å². The Balaban J connectivity index is 1.78. The topological polar surface area (TPSA) is 88.3 Å². The fraction of sp³-hybridized carbons (Fsp3) is 0.611. The number of amides is 2. The third-order valence-electron chi connectivity index (χ3n) is 5.70. The number of aryl methyl sites for hydroxylation is 2. The van der Waals surface area contributed by atoms with Crippen LogP contribution in [-0.2, 0) is 4.79 Å². The van der Waals surface area contributed by atoms with Crippen LogP contribution in [0.15, 0.2) is 6.07 Å². The SMILES string of the molecule is Cc1cc(C(N)=O)c(N2CCC3(CCNC(=O)CC3)CC2)nc1C. The summed E-state index contributed by atoms with van der Waals surface area (Å²) in [7, 11) is 0. The van der Waals surface area contributed by atoms with E-state index in [1.165, 1.54) is 0 Å². The van der Waals surface area contributed by atoms with Gasteiger partial charge in [-0.25, -0.2) is 4.98 Å². The number of carbonyl (C=O) groups is 2. The van der Waals surface area contributed by atoms with Gasteiger partial charge in [-0.2, -0.15) is 0 Å². The Morgan fingerprint density at radius 2 is 1.96 bits per heavy atom. The maximum absolute atomic E-state index is 11.8. The van der Waals surface area contributed by atoms with Gasteiger partial charge in [0.1, 0.15) is 5.82 Å². The van der Waals surface area contributed by atoms with E-state index in [2.05, 4.69) is 15.2 Å². The number of nitrogens with zero attached hydrogens (tertiary/aromatic N) is 2. The summed E-state index contributed by atoms with van der Waals surface area (Å²) in [4.78, 5) is 30.2. The van der Waals surface area contributed by atoms with E-state index in [1.807, 2.05) is 19.9 Å². The number of carbonyl (C=O) groups excluding carboxylic acids is 2. The summed E-state index contributed by atoms with van der Waals surface area (Å²) >= 11 is 0. The molecule has 2 aliphatic rings. The second-order valence-corrected chi connectivity index (χ2v) is 7.21. The van der Waals surface area contributed by atoms with E-state index in [0.29, 0.717) is 17.8 Å². The Kier molecular flexibility index (Phi) is 4.47. The zero-order valence-electron chi connectivity index (χ0n) is 14.5. The highest BCUT2D eigenvalue weighted by Gasteiger charge is 2.37. The van der Waals surface area contributed by atoms with Crippen LogP contribution < -0.4 is 16.0 Å². The standard InChI is InChI=1S/C18H26N4O2/c1-12-11-14(16(19)24)17(21-13(12)2)22-9-6-18(7-10-22)4-3-15(23)20-8-5-18/h11H,3-10H2,1-2H3,(H2,19,24)(H,20,23). The highest BCUT2D eigenvalue weighted by molar-refractivity contribution is 5.98. The van der Waals surface area contributed by atoms with Crippen LogP contribution in [0, 0.1) is 19.3 Å². The summed E-state index contributed by atoms with van der Waals surface area (Å²) in [5.41, 5.74) is 8.22. The summed E-state index contributed by atoms with van der Waals surface area (Å²) in [5.74, 6) is 0.453. The van der Waals surface area contributed by atoms with Gasteiger partial charge in [0.05, 0.1) is 5.56 Å². The second-order valence-electron chi connectivity index (χ2n) is 7.21. The molecule has 130 valence electrons. The summed E-state index contributed by atoms with van der Waals surface area (Å²) in [5, 5.41) is 2.97. The Morgan fingerprint density at radius 3 is 2.62 bits per heavy atom. The third-order valence-corrected chi connectivity index (χ3v) is 5.70. The number of nitrogens with one attached hydrogen (secondary N) is 1. The van der Waals surface area contributed by atoms with Gasteiger partial charge in [-0.3, -0.25) is 9.59 Å². The van der Waals surface area contributed by atoms with Crippen molar-refractivity contribution in [2.45, 2.75) is 46.0 Å². The van der Waals surface area contributed by atoms with E-state index < -0.39 is 5.91 Å². The summed E-state index contributed by atoms with van der Waals surface area (Å²) in [6.07, 6.45) is 4.66. The third kappa shape index (κ3) is 3.23. The zero-order chi connectivity index (χ0) is 17.3. The van der Waals surface area contributed by atoms with Gasteiger partial charge in [0.2, 0.25) is 5.91 Å². The molecule has 0 aromatic carbocycles. The minimum absolute atomic E-state index is 0.168. The largest absolute Gasteiger partial charge is 0.365 e.